The van der Waals surface area contributed by atoms with Crippen molar-refractivity contribution in [3.8, 4) is 22.8 Å². The highest BCUT2D eigenvalue weighted by molar-refractivity contribution is 5.87. The monoisotopic (exact) mass is 416 g/mol. The Morgan fingerprint density at radius 1 is 0.968 bits per heavy atom. The normalized spacial score (nSPS) is 15.5. The van der Waals surface area contributed by atoms with Gasteiger partial charge in [0.25, 0.3) is 0 Å². The molecule has 2 aliphatic rings. The Balaban J connectivity index is 1.27. The predicted molar refractivity (Wildman–Crippen MR) is 115 cm³/mol. The number of carbonyl (C=O) groups is 1. The van der Waals surface area contributed by atoms with Crippen LogP contribution in [0.5, 0.6) is 11.6 Å². The Bertz CT molecular complexity index is 1090. The average Bonchev–Trinajstić information content (AvgIpc) is 3.71. The van der Waals surface area contributed by atoms with E-state index < -0.39 is 5.97 Å². The lowest BCUT2D eigenvalue weighted by Crippen LogP contribution is -2.06. The Hall–Kier alpha value is -3.41. The molecule has 0 aliphatic heterocycles. The van der Waals surface area contributed by atoms with E-state index in [1.165, 1.54) is 19.0 Å². The van der Waals surface area contributed by atoms with Crippen molar-refractivity contribution >= 4 is 5.97 Å². The van der Waals surface area contributed by atoms with Gasteiger partial charge in [-0.15, -0.1) is 0 Å². The largest absolute Gasteiger partial charge is 0.487 e. The summed E-state index contributed by atoms with van der Waals surface area (Å²) in [6, 6.07) is 13.5. The van der Waals surface area contributed by atoms with Gasteiger partial charge in [0.05, 0.1) is 17.9 Å². The lowest BCUT2D eigenvalue weighted by atomic mass is 10.1. The molecule has 0 radical (unpaired) electrons. The summed E-state index contributed by atoms with van der Waals surface area (Å²) in [4.78, 5) is 20.1. The zero-order valence-electron chi connectivity index (χ0n) is 17.2. The van der Waals surface area contributed by atoms with Crippen molar-refractivity contribution in [1.82, 2.24) is 9.97 Å². The minimum absolute atomic E-state index is 0.227. The molecule has 5 rings (SSSR count). The van der Waals surface area contributed by atoms with Crippen LogP contribution < -0.4 is 9.47 Å². The summed E-state index contributed by atoms with van der Waals surface area (Å²) in [5.74, 6) is 1.53. The van der Waals surface area contributed by atoms with E-state index in [-0.39, 0.29) is 5.56 Å². The first-order valence-electron chi connectivity index (χ1n) is 10.7. The summed E-state index contributed by atoms with van der Waals surface area (Å²) in [7, 11) is 0. The van der Waals surface area contributed by atoms with Crippen LogP contribution in [0.2, 0.25) is 0 Å². The van der Waals surface area contributed by atoms with Crippen molar-refractivity contribution < 1.29 is 19.4 Å². The molecule has 1 aromatic carbocycles. The minimum atomic E-state index is -0.952. The third kappa shape index (κ3) is 4.85. The maximum Gasteiger partial charge on any atom is 0.337 e. The number of rotatable bonds is 9. The maximum atomic E-state index is 11.3. The summed E-state index contributed by atoms with van der Waals surface area (Å²) < 4.78 is 11.7. The zero-order chi connectivity index (χ0) is 21.2. The molecule has 0 atom stereocenters. The molecule has 2 fully saturated rings. The van der Waals surface area contributed by atoms with E-state index in [9.17, 15) is 9.90 Å². The first-order chi connectivity index (χ1) is 15.2. The van der Waals surface area contributed by atoms with E-state index >= 15 is 0 Å². The molecule has 3 aromatic rings. The van der Waals surface area contributed by atoms with Crippen LogP contribution in [-0.2, 0) is 6.61 Å². The Labute approximate surface area is 180 Å². The van der Waals surface area contributed by atoms with Gasteiger partial charge in [-0.3, -0.25) is 4.98 Å². The van der Waals surface area contributed by atoms with Crippen LogP contribution in [0.4, 0.5) is 0 Å². The van der Waals surface area contributed by atoms with Gasteiger partial charge >= 0.3 is 5.97 Å². The van der Waals surface area contributed by atoms with Gasteiger partial charge in [-0.05, 0) is 72.9 Å². The number of benzene rings is 1. The van der Waals surface area contributed by atoms with Crippen molar-refractivity contribution in [2.75, 3.05) is 6.61 Å². The number of hydrogen-bond acceptors (Lipinski definition) is 5. The first kappa shape index (κ1) is 19.5. The van der Waals surface area contributed by atoms with Gasteiger partial charge in [-0.2, -0.15) is 0 Å². The third-order valence-electron chi connectivity index (χ3n) is 5.71. The molecule has 1 N–H and O–H groups in total. The van der Waals surface area contributed by atoms with Gasteiger partial charge in [0.15, 0.2) is 0 Å². The van der Waals surface area contributed by atoms with E-state index in [4.69, 9.17) is 9.47 Å². The molecular formula is C25H24N2O4. The van der Waals surface area contributed by atoms with E-state index in [2.05, 4.69) is 9.97 Å². The van der Waals surface area contributed by atoms with Crippen LogP contribution in [0.25, 0.3) is 11.1 Å². The van der Waals surface area contributed by atoms with Crippen molar-refractivity contribution in [3.05, 3.63) is 71.7 Å². The molecule has 0 amide bonds. The molecule has 2 saturated carbocycles. The first-order valence-corrected chi connectivity index (χ1v) is 10.7. The smallest absolute Gasteiger partial charge is 0.337 e. The molecule has 0 saturated heterocycles. The Morgan fingerprint density at radius 3 is 2.55 bits per heavy atom. The molecule has 0 spiro atoms. The number of aromatic nitrogens is 2. The molecule has 2 aliphatic carbocycles. The highest BCUT2D eigenvalue weighted by Crippen LogP contribution is 2.41. The van der Waals surface area contributed by atoms with Crippen LogP contribution in [0.15, 0.2) is 54.9 Å². The van der Waals surface area contributed by atoms with Gasteiger partial charge < -0.3 is 14.6 Å². The van der Waals surface area contributed by atoms with E-state index in [0.717, 1.165) is 47.6 Å². The van der Waals surface area contributed by atoms with Crippen molar-refractivity contribution in [3.63, 3.8) is 0 Å². The van der Waals surface area contributed by atoms with Gasteiger partial charge in [0.2, 0.25) is 5.88 Å². The van der Waals surface area contributed by atoms with Gasteiger partial charge in [0, 0.05) is 24.0 Å². The lowest BCUT2D eigenvalue weighted by Gasteiger charge is -2.12. The molecule has 2 heterocycles. The van der Waals surface area contributed by atoms with Crippen molar-refractivity contribution in [2.45, 2.75) is 38.2 Å². The molecule has 6 nitrogen and oxygen atoms in total. The SMILES string of the molecule is O=C(O)c1cnc(COc2cccc(-c3ccc(OCC4CC4)nc3)c2)c(C2CC2)c1. The van der Waals surface area contributed by atoms with Gasteiger partial charge in [-0.1, -0.05) is 12.1 Å². The third-order valence-corrected chi connectivity index (χ3v) is 5.71. The fraction of sp³-hybridized carbons (Fsp3) is 0.320. The van der Waals surface area contributed by atoms with E-state index in [1.54, 1.807) is 6.07 Å². The fourth-order valence-corrected chi connectivity index (χ4v) is 3.54. The minimum Gasteiger partial charge on any atom is -0.487 e. The van der Waals surface area contributed by atoms with Crippen LogP contribution in [-0.4, -0.2) is 27.7 Å². The van der Waals surface area contributed by atoms with Crippen molar-refractivity contribution in [2.24, 2.45) is 5.92 Å². The molecule has 0 bridgehead atoms. The molecule has 6 heteroatoms. The van der Waals surface area contributed by atoms with Crippen LogP contribution in [0.1, 0.15) is 53.2 Å². The number of pyridine rings is 2. The standard InChI is InChI=1S/C25H24N2O4/c28-25(29)20-11-22(17-6-7-17)23(26-13-20)15-30-21-3-1-2-18(10-21)19-8-9-24(27-12-19)31-14-16-4-5-16/h1-3,8-13,16-17H,4-7,14-15H2,(H,28,29). The number of carboxylic acid groups (broad SMARTS) is 1. The summed E-state index contributed by atoms with van der Waals surface area (Å²) >= 11 is 0. The van der Waals surface area contributed by atoms with Crippen LogP contribution >= 0.6 is 0 Å². The topological polar surface area (TPSA) is 81.5 Å². The van der Waals surface area contributed by atoms with Gasteiger partial charge in [0.1, 0.15) is 12.4 Å². The van der Waals surface area contributed by atoms with Crippen molar-refractivity contribution in [1.29, 1.82) is 0 Å². The second-order valence-electron chi connectivity index (χ2n) is 8.30. The summed E-state index contributed by atoms with van der Waals surface area (Å²) in [5, 5.41) is 9.24. The summed E-state index contributed by atoms with van der Waals surface area (Å²) in [6.45, 7) is 1.06. The molecule has 31 heavy (non-hydrogen) atoms. The fourth-order valence-electron chi connectivity index (χ4n) is 3.54. The van der Waals surface area contributed by atoms with Crippen LogP contribution in [0.3, 0.4) is 0 Å². The number of nitrogens with zero attached hydrogens (tertiary/aromatic N) is 2. The predicted octanol–water partition coefficient (Wildman–Crippen LogP) is 5.09. The van der Waals surface area contributed by atoms with E-state index in [1.807, 2.05) is 42.6 Å². The number of hydrogen-bond donors (Lipinski definition) is 1. The average molecular weight is 416 g/mol. The highest BCUT2D eigenvalue weighted by Gasteiger charge is 2.28. The molecular weight excluding hydrogens is 392 g/mol. The van der Waals surface area contributed by atoms with E-state index in [0.29, 0.717) is 24.3 Å². The van der Waals surface area contributed by atoms with Crippen LogP contribution in [0, 0.1) is 5.92 Å². The second kappa shape index (κ2) is 8.38. The second-order valence-corrected chi connectivity index (χ2v) is 8.30. The molecule has 0 unspecified atom stereocenters. The zero-order valence-corrected chi connectivity index (χ0v) is 17.2. The Morgan fingerprint density at radius 2 is 1.84 bits per heavy atom. The molecule has 2 aromatic heterocycles. The Kier molecular flexibility index (Phi) is 5.28. The maximum absolute atomic E-state index is 11.3. The quantitative estimate of drug-likeness (QED) is 0.523. The summed E-state index contributed by atoms with van der Waals surface area (Å²) in [6.07, 6.45) is 7.88. The number of carboxylic acids is 1. The lowest BCUT2D eigenvalue weighted by molar-refractivity contribution is 0.0696. The van der Waals surface area contributed by atoms with Gasteiger partial charge in [-0.25, -0.2) is 9.78 Å². The number of ether oxygens (including phenoxy) is 2. The number of aromatic carboxylic acids is 1. The molecule has 158 valence electrons. The summed E-state index contributed by atoms with van der Waals surface area (Å²) in [5.41, 5.74) is 4.02. The highest BCUT2D eigenvalue weighted by atomic mass is 16.5.